The summed E-state index contributed by atoms with van der Waals surface area (Å²) in [6.45, 7) is 3.81. The summed E-state index contributed by atoms with van der Waals surface area (Å²) in [5.41, 5.74) is 0. The van der Waals surface area contributed by atoms with Gasteiger partial charge < -0.3 is 17.8 Å². The molecule has 19 heteroatoms. The van der Waals surface area contributed by atoms with Crippen molar-refractivity contribution in [2.24, 2.45) is 0 Å². The maximum absolute atomic E-state index is 12.6. The van der Waals surface area contributed by atoms with Gasteiger partial charge in [-0.2, -0.15) is 16.8 Å². The van der Waals surface area contributed by atoms with Gasteiger partial charge in [0.05, 0.1) is 13.2 Å². The standard InChI is InChI=1S/C24H38F6O10S3/c1-3-5-7-9-11-13-15-17-35-19-20(36-18-16-14-12-10-8-6-4-2)22(38-43(33,34)40-24(28,29)30)41-21(19)37-42(31,32)39-23(25,26)27/h3-18H2,1-2H3. The van der Waals surface area contributed by atoms with E-state index < -0.39 is 55.1 Å². The molecule has 0 fully saturated rings. The SMILES string of the molecule is CCCCCCCCCOc1c(OS(=O)(=O)OC(F)(F)F)sc(OS(=O)(=O)OC(F)(F)F)c1OCCCCCCCCC. The lowest BCUT2D eigenvalue weighted by atomic mass is 10.1. The van der Waals surface area contributed by atoms with E-state index in [1.165, 1.54) is 0 Å². The zero-order valence-electron chi connectivity index (χ0n) is 23.9. The fraction of sp³-hybridized carbons (Fsp3) is 0.833. The molecule has 0 bridgehead atoms. The summed E-state index contributed by atoms with van der Waals surface area (Å²) in [5, 5.41) is -2.06. The van der Waals surface area contributed by atoms with Crippen molar-refractivity contribution in [3.63, 3.8) is 0 Å². The van der Waals surface area contributed by atoms with Crippen molar-refractivity contribution in [2.45, 2.75) is 116 Å². The van der Waals surface area contributed by atoms with Crippen molar-refractivity contribution >= 4 is 32.1 Å². The van der Waals surface area contributed by atoms with E-state index in [9.17, 15) is 43.2 Å². The summed E-state index contributed by atoms with van der Waals surface area (Å²) in [6.07, 6.45) is 0.483. The first-order chi connectivity index (χ1) is 20.0. The normalized spacial score (nSPS) is 12.8. The van der Waals surface area contributed by atoms with Crippen LogP contribution in [0.5, 0.6) is 21.6 Å². The summed E-state index contributed by atoms with van der Waals surface area (Å²) in [6, 6.07) is 0. The molecule has 0 aliphatic carbocycles. The number of alkyl halides is 6. The third-order valence-electron chi connectivity index (χ3n) is 5.50. The molecule has 0 aliphatic heterocycles. The highest BCUT2D eigenvalue weighted by molar-refractivity contribution is 7.82. The molecule has 0 amide bonds. The van der Waals surface area contributed by atoms with Crippen LogP contribution < -0.4 is 17.8 Å². The molecule has 0 atom stereocenters. The number of ether oxygens (including phenoxy) is 2. The van der Waals surface area contributed by atoms with Crippen molar-refractivity contribution in [3.05, 3.63) is 0 Å². The lowest BCUT2D eigenvalue weighted by Crippen LogP contribution is -2.23. The third kappa shape index (κ3) is 18.7. The van der Waals surface area contributed by atoms with Crippen LogP contribution in [0.3, 0.4) is 0 Å². The highest BCUT2D eigenvalue weighted by atomic mass is 32.3. The van der Waals surface area contributed by atoms with Crippen LogP contribution in [-0.4, -0.2) is 42.8 Å². The van der Waals surface area contributed by atoms with Crippen LogP contribution >= 0.6 is 11.3 Å². The maximum Gasteiger partial charge on any atom is 0.539 e. The van der Waals surface area contributed by atoms with Crippen molar-refractivity contribution in [3.8, 4) is 21.6 Å². The van der Waals surface area contributed by atoms with Gasteiger partial charge in [0.1, 0.15) is 0 Å². The van der Waals surface area contributed by atoms with Crippen LogP contribution in [0, 0.1) is 0 Å². The number of unbranched alkanes of at least 4 members (excludes halogenated alkanes) is 12. The lowest BCUT2D eigenvalue weighted by Gasteiger charge is -2.13. The molecule has 0 unspecified atom stereocenters. The van der Waals surface area contributed by atoms with Crippen molar-refractivity contribution < 1.29 is 69.4 Å². The van der Waals surface area contributed by atoms with Crippen molar-refractivity contribution in [1.82, 2.24) is 0 Å². The van der Waals surface area contributed by atoms with E-state index in [4.69, 9.17) is 9.47 Å². The van der Waals surface area contributed by atoms with Gasteiger partial charge in [-0.15, -0.1) is 34.7 Å². The molecule has 0 aromatic carbocycles. The molecule has 0 saturated heterocycles. The quantitative estimate of drug-likeness (QED) is 0.0770. The lowest BCUT2D eigenvalue weighted by molar-refractivity contribution is -0.275. The van der Waals surface area contributed by atoms with Gasteiger partial charge in [-0.1, -0.05) is 102 Å². The molecule has 1 aromatic heterocycles. The van der Waals surface area contributed by atoms with Crippen molar-refractivity contribution in [1.29, 1.82) is 0 Å². The van der Waals surface area contributed by atoms with Crippen LogP contribution in [0.15, 0.2) is 0 Å². The topological polar surface area (TPSA) is 124 Å². The van der Waals surface area contributed by atoms with Crippen LogP contribution in [0.4, 0.5) is 26.3 Å². The third-order valence-corrected chi connectivity index (χ3v) is 8.15. The Bertz CT molecular complexity index is 1050. The zero-order valence-corrected chi connectivity index (χ0v) is 26.3. The second-order valence-electron chi connectivity index (χ2n) is 9.32. The molecule has 0 spiro atoms. The number of halogens is 6. The molecule has 43 heavy (non-hydrogen) atoms. The maximum atomic E-state index is 12.6. The Labute approximate surface area is 252 Å². The molecule has 1 heterocycles. The molecule has 0 radical (unpaired) electrons. The minimum absolute atomic E-state index is 0.101. The first kappa shape index (κ1) is 39.3. The average molecular weight is 697 g/mol. The smallest absolute Gasteiger partial charge is 0.486 e. The Kier molecular flexibility index (Phi) is 17.3. The van der Waals surface area contributed by atoms with E-state index in [2.05, 4.69) is 30.6 Å². The largest absolute Gasteiger partial charge is 0.539 e. The summed E-state index contributed by atoms with van der Waals surface area (Å²) >= 11 is -0.101. The Morgan fingerprint density at radius 2 is 0.837 bits per heavy atom. The van der Waals surface area contributed by atoms with E-state index in [-0.39, 0.29) is 24.6 Å². The summed E-state index contributed by atoms with van der Waals surface area (Å²) < 4.78 is 149. The van der Waals surface area contributed by atoms with Gasteiger partial charge in [-0.25, -0.2) is 0 Å². The Balaban J connectivity index is 3.25. The predicted octanol–water partition coefficient (Wildman–Crippen LogP) is 8.33. The number of rotatable bonds is 24. The highest BCUT2D eigenvalue weighted by Crippen LogP contribution is 2.54. The molecule has 1 aromatic rings. The van der Waals surface area contributed by atoms with Crippen LogP contribution in [-0.2, 0) is 29.2 Å². The van der Waals surface area contributed by atoms with E-state index in [1.807, 2.05) is 0 Å². The average Bonchev–Trinajstić information content (AvgIpc) is 3.13. The Morgan fingerprint density at radius 3 is 1.14 bits per heavy atom. The summed E-state index contributed by atoms with van der Waals surface area (Å²) in [5.74, 6) is -1.38. The fourth-order valence-electron chi connectivity index (χ4n) is 3.64. The Morgan fingerprint density at radius 1 is 0.535 bits per heavy atom. The summed E-state index contributed by atoms with van der Waals surface area (Å²) in [4.78, 5) is 0. The zero-order chi connectivity index (χ0) is 32.6. The molecular weight excluding hydrogens is 658 g/mol. The highest BCUT2D eigenvalue weighted by Gasteiger charge is 2.42. The van der Waals surface area contributed by atoms with Gasteiger partial charge in [0, 0.05) is 0 Å². The minimum Gasteiger partial charge on any atom is -0.486 e. The van der Waals surface area contributed by atoms with E-state index >= 15 is 0 Å². The van der Waals surface area contributed by atoms with E-state index in [1.54, 1.807) is 0 Å². The molecular formula is C24H38F6O10S3. The van der Waals surface area contributed by atoms with Crippen LogP contribution in [0.2, 0.25) is 0 Å². The van der Waals surface area contributed by atoms with Gasteiger partial charge in [0.25, 0.3) is 0 Å². The number of hydrogen-bond acceptors (Lipinski definition) is 11. The molecule has 0 saturated carbocycles. The minimum atomic E-state index is -5.85. The molecule has 10 nitrogen and oxygen atoms in total. The number of thiophene rings is 1. The monoisotopic (exact) mass is 696 g/mol. The second-order valence-corrected chi connectivity index (χ2v) is 12.6. The number of hydrogen-bond donors (Lipinski definition) is 0. The van der Waals surface area contributed by atoms with Crippen LogP contribution in [0.1, 0.15) is 104 Å². The van der Waals surface area contributed by atoms with Gasteiger partial charge in [-0.05, 0) is 12.8 Å². The van der Waals surface area contributed by atoms with Crippen LogP contribution in [0.25, 0.3) is 0 Å². The Hall–Kier alpha value is -1.70. The molecule has 0 aliphatic rings. The summed E-state index contributed by atoms with van der Waals surface area (Å²) in [7, 11) is -11.7. The van der Waals surface area contributed by atoms with Gasteiger partial charge >= 0.3 is 33.5 Å². The van der Waals surface area contributed by atoms with E-state index in [0.29, 0.717) is 25.7 Å². The van der Waals surface area contributed by atoms with Gasteiger partial charge in [-0.3, -0.25) is 0 Å². The molecule has 254 valence electrons. The van der Waals surface area contributed by atoms with Gasteiger partial charge in [0.15, 0.2) is 0 Å². The van der Waals surface area contributed by atoms with Crippen molar-refractivity contribution in [2.75, 3.05) is 13.2 Å². The van der Waals surface area contributed by atoms with Gasteiger partial charge in [0.2, 0.25) is 21.6 Å². The molecule has 0 N–H and O–H groups in total. The van der Waals surface area contributed by atoms with E-state index in [0.717, 1.165) is 64.2 Å². The predicted molar refractivity (Wildman–Crippen MR) is 145 cm³/mol. The fourth-order valence-corrected chi connectivity index (χ4v) is 6.12. The second kappa shape index (κ2) is 19.0. The first-order valence-electron chi connectivity index (χ1n) is 13.8. The first-order valence-corrected chi connectivity index (χ1v) is 17.3. The molecule has 1 rings (SSSR count).